The number of nitrogens with two attached hydrogens (primary N) is 1. The molecule has 1 aromatic rings. The highest BCUT2D eigenvalue weighted by atomic mass is 16.5. The van der Waals surface area contributed by atoms with E-state index in [0.29, 0.717) is 24.1 Å². The molecule has 0 atom stereocenters. The first-order valence-corrected chi connectivity index (χ1v) is 7.00. The molecular weight excluding hydrogens is 242 g/mol. The van der Waals surface area contributed by atoms with Gasteiger partial charge in [-0.1, -0.05) is 0 Å². The molecule has 2 rings (SSSR count). The molecule has 0 saturated heterocycles. The number of hydrogen-bond donors (Lipinski definition) is 3. The summed E-state index contributed by atoms with van der Waals surface area (Å²) in [5.41, 5.74) is 6.35. The molecule has 106 valence electrons. The third-order valence-corrected chi connectivity index (χ3v) is 3.56. The van der Waals surface area contributed by atoms with Crippen LogP contribution in [-0.2, 0) is 0 Å². The van der Waals surface area contributed by atoms with Gasteiger partial charge in [0.15, 0.2) is 0 Å². The molecule has 1 aliphatic carbocycles. The van der Waals surface area contributed by atoms with Crippen molar-refractivity contribution >= 4 is 11.5 Å². The monoisotopic (exact) mass is 265 g/mol. The van der Waals surface area contributed by atoms with Crippen LogP contribution in [0.15, 0.2) is 12.1 Å². The van der Waals surface area contributed by atoms with Crippen molar-refractivity contribution in [2.75, 3.05) is 24.2 Å². The van der Waals surface area contributed by atoms with E-state index in [1.165, 1.54) is 0 Å². The molecule has 0 aliphatic heterocycles. The molecule has 0 spiro atoms. The third kappa shape index (κ3) is 3.99. The maximum Gasteiger partial charge on any atom is 0.239 e. The smallest absolute Gasteiger partial charge is 0.239 e. The van der Waals surface area contributed by atoms with E-state index in [4.69, 9.17) is 10.5 Å². The van der Waals surface area contributed by atoms with Crippen LogP contribution < -0.4 is 15.8 Å². The van der Waals surface area contributed by atoms with Crippen LogP contribution in [0.3, 0.4) is 0 Å². The number of ether oxygens (including phenoxy) is 1. The van der Waals surface area contributed by atoms with Crippen LogP contribution in [0.1, 0.15) is 32.6 Å². The Kier molecular flexibility index (Phi) is 4.85. The Bertz CT molecular complexity index is 404. The molecule has 0 radical (unpaired) electrons. The maximum atomic E-state index is 9.48. The molecule has 4 N–H and O–H groups in total. The molecule has 1 aromatic heterocycles. The fourth-order valence-corrected chi connectivity index (χ4v) is 2.40. The van der Waals surface area contributed by atoms with E-state index in [9.17, 15) is 5.11 Å². The zero-order valence-electron chi connectivity index (χ0n) is 11.4. The van der Waals surface area contributed by atoms with Gasteiger partial charge in [-0.3, -0.25) is 0 Å². The Balaban J connectivity index is 1.87. The van der Waals surface area contributed by atoms with Gasteiger partial charge in [-0.2, -0.15) is 4.98 Å². The van der Waals surface area contributed by atoms with Gasteiger partial charge >= 0.3 is 0 Å². The predicted octanol–water partition coefficient (Wildman–Crippen LogP) is 2.03. The number of anilines is 2. The Hall–Kier alpha value is -1.49. The Morgan fingerprint density at radius 3 is 2.79 bits per heavy atom. The van der Waals surface area contributed by atoms with Gasteiger partial charge in [-0.05, 0) is 50.7 Å². The third-order valence-electron chi connectivity index (χ3n) is 3.56. The zero-order valence-corrected chi connectivity index (χ0v) is 11.4. The van der Waals surface area contributed by atoms with Crippen LogP contribution in [0.2, 0.25) is 0 Å². The number of aliphatic hydroxyl groups excluding tert-OH is 1. The predicted molar refractivity (Wildman–Crippen MR) is 76.3 cm³/mol. The maximum absolute atomic E-state index is 9.48. The fraction of sp³-hybridized carbons (Fsp3) is 0.643. The fourth-order valence-electron chi connectivity index (χ4n) is 2.40. The summed E-state index contributed by atoms with van der Waals surface area (Å²) in [6, 6.07) is 3.68. The van der Waals surface area contributed by atoms with Crippen molar-refractivity contribution in [2.24, 2.45) is 5.92 Å². The lowest BCUT2D eigenvalue weighted by atomic mass is 9.87. The average Bonchev–Trinajstić information content (AvgIpc) is 2.42. The first kappa shape index (κ1) is 13.9. The molecule has 1 fully saturated rings. The Labute approximate surface area is 114 Å². The number of hydrogen-bond acceptors (Lipinski definition) is 5. The molecule has 0 amide bonds. The van der Waals surface area contributed by atoms with E-state index in [2.05, 4.69) is 10.3 Å². The summed E-state index contributed by atoms with van der Waals surface area (Å²) in [5, 5.41) is 12.8. The number of aromatic nitrogens is 1. The topological polar surface area (TPSA) is 80.4 Å². The first-order chi connectivity index (χ1) is 9.19. The number of nitrogen functional groups attached to an aromatic ring is 1. The SMILES string of the molecule is CCOc1nc(NCC2CCC(O)CC2)ccc1N. The second-order valence-corrected chi connectivity index (χ2v) is 5.08. The van der Waals surface area contributed by atoms with Crippen LogP contribution in [0.25, 0.3) is 0 Å². The van der Waals surface area contributed by atoms with Crippen LogP contribution in [0.4, 0.5) is 11.5 Å². The lowest BCUT2D eigenvalue weighted by Crippen LogP contribution is -2.23. The molecule has 0 bridgehead atoms. The molecule has 1 saturated carbocycles. The summed E-state index contributed by atoms with van der Waals surface area (Å²) in [7, 11) is 0. The summed E-state index contributed by atoms with van der Waals surface area (Å²) in [4.78, 5) is 4.35. The number of aliphatic hydroxyl groups is 1. The van der Waals surface area contributed by atoms with Gasteiger partial charge in [0.2, 0.25) is 5.88 Å². The van der Waals surface area contributed by atoms with Gasteiger partial charge in [0.05, 0.1) is 18.4 Å². The van der Waals surface area contributed by atoms with E-state index >= 15 is 0 Å². The lowest BCUT2D eigenvalue weighted by Gasteiger charge is -2.25. The second-order valence-electron chi connectivity index (χ2n) is 5.08. The van der Waals surface area contributed by atoms with Crippen molar-refractivity contribution in [3.8, 4) is 5.88 Å². The van der Waals surface area contributed by atoms with E-state index in [1.54, 1.807) is 0 Å². The average molecular weight is 265 g/mol. The summed E-state index contributed by atoms with van der Waals surface area (Å²) in [5.74, 6) is 1.90. The van der Waals surface area contributed by atoms with Gasteiger partial charge in [0, 0.05) is 6.54 Å². The molecular formula is C14H23N3O2. The van der Waals surface area contributed by atoms with Gasteiger partial charge in [-0.25, -0.2) is 0 Å². The van der Waals surface area contributed by atoms with Crippen LogP contribution in [-0.4, -0.2) is 29.3 Å². The van der Waals surface area contributed by atoms with Crippen molar-refractivity contribution in [1.82, 2.24) is 4.98 Å². The summed E-state index contributed by atoms with van der Waals surface area (Å²) >= 11 is 0. The largest absolute Gasteiger partial charge is 0.476 e. The number of pyridine rings is 1. The summed E-state index contributed by atoms with van der Waals surface area (Å²) < 4.78 is 5.37. The second kappa shape index (κ2) is 6.61. The van der Waals surface area contributed by atoms with Crippen molar-refractivity contribution in [3.05, 3.63) is 12.1 Å². The Morgan fingerprint density at radius 2 is 2.11 bits per heavy atom. The highest BCUT2D eigenvalue weighted by Gasteiger charge is 2.19. The van der Waals surface area contributed by atoms with E-state index < -0.39 is 0 Å². The van der Waals surface area contributed by atoms with Crippen molar-refractivity contribution in [3.63, 3.8) is 0 Å². The molecule has 0 unspecified atom stereocenters. The standard InChI is InChI=1S/C14H23N3O2/c1-2-19-14-12(15)7-8-13(17-14)16-9-10-3-5-11(18)6-4-10/h7-8,10-11,18H,2-6,9,15H2,1H3,(H,16,17). The van der Waals surface area contributed by atoms with Crippen LogP contribution >= 0.6 is 0 Å². The van der Waals surface area contributed by atoms with Gasteiger partial charge in [0.1, 0.15) is 5.82 Å². The lowest BCUT2D eigenvalue weighted by molar-refractivity contribution is 0.111. The molecule has 0 aromatic carbocycles. The minimum atomic E-state index is -0.101. The molecule has 1 heterocycles. The normalized spacial score (nSPS) is 23.1. The zero-order chi connectivity index (χ0) is 13.7. The Morgan fingerprint density at radius 1 is 1.37 bits per heavy atom. The van der Waals surface area contributed by atoms with Crippen molar-refractivity contribution in [1.29, 1.82) is 0 Å². The highest BCUT2D eigenvalue weighted by molar-refractivity contribution is 5.53. The van der Waals surface area contributed by atoms with Gasteiger partial charge < -0.3 is 20.9 Å². The van der Waals surface area contributed by atoms with Crippen molar-refractivity contribution in [2.45, 2.75) is 38.7 Å². The minimum absolute atomic E-state index is 0.101. The summed E-state index contributed by atoms with van der Waals surface area (Å²) in [6.07, 6.45) is 3.86. The summed E-state index contributed by atoms with van der Waals surface area (Å²) in [6.45, 7) is 3.35. The van der Waals surface area contributed by atoms with Gasteiger partial charge in [0.25, 0.3) is 0 Å². The first-order valence-electron chi connectivity index (χ1n) is 7.00. The van der Waals surface area contributed by atoms with E-state index in [-0.39, 0.29) is 6.10 Å². The molecule has 19 heavy (non-hydrogen) atoms. The van der Waals surface area contributed by atoms with Crippen molar-refractivity contribution < 1.29 is 9.84 Å². The molecule has 1 aliphatic rings. The minimum Gasteiger partial charge on any atom is -0.476 e. The number of rotatable bonds is 5. The number of nitrogens with zero attached hydrogens (tertiary/aromatic N) is 1. The highest BCUT2D eigenvalue weighted by Crippen LogP contribution is 2.25. The van der Waals surface area contributed by atoms with Gasteiger partial charge in [-0.15, -0.1) is 0 Å². The van der Waals surface area contributed by atoms with E-state index in [0.717, 1.165) is 38.0 Å². The van der Waals surface area contributed by atoms with Crippen LogP contribution in [0, 0.1) is 5.92 Å². The van der Waals surface area contributed by atoms with Crippen LogP contribution in [0.5, 0.6) is 5.88 Å². The molecule has 5 nitrogen and oxygen atoms in total. The number of nitrogens with one attached hydrogen (secondary N) is 1. The molecule has 5 heteroatoms. The van der Waals surface area contributed by atoms with E-state index in [1.807, 2.05) is 19.1 Å². The quantitative estimate of drug-likeness (QED) is 0.759.